The first-order valence-electron chi connectivity index (χ1n) is 29.6. The quantitative estimate of drug-likeness (QED) is 0.0280. The predicted molar refractivity (Wildman–Crippen MR) is 325 cm³/mol. The number of benzene rings is 4. The minimum atomic E-state index is -1.65. The third-order valence-corrected chi connectivity index (χ3v) is 14.1. The number of amides is 5. The van der Waals surface area contributed by atoms with Gasteiger partial charge in [0.25, 0.3) is 17.7 Å². The molecule has 1 fully saturated rings. The van der Waals surface area contributed by atoms with Gasteiger partial charge in [-0.25, -0.2) is 9.59 Å². The summed E-state index contributed by atoms with van der Waals surface area (Å²) in [6.07, 6.45) is 7.10. The van der Waals surface area contributed by atoms with Crippen molar-refractivity contribution in [2.24, 2.45) is 5.92 Å². The molecule has 1 heterocycles. The van der Waals surface area contributed by atoms with E-state index in [4.69, 9.17) is 38.1 Å². The van der Waals surface area contributed by atoms with Crippen molar-refractivity contribution >= 4 is 53.9 Å². The second kappa shape index (κ2) is 43.7. The lowest BCUT2D eigenvalue weighted by molar-refractivity contribution is -0.163. The predicted octanol–water partition coefficient (Wildman–Crippen LogP) is 5.28. The van der Waals surface area contributed by atoms with Gasteiger partial charge in [0.1, 0.15) is 12.5 Å². The van der Waals surface area contributed by atoms with Crippen molar-refractivity contribution in [3.63, 3.8) is 0 Å². The Bertz CT molecular complexity index is 2560. The summed E-state index contributed by atoms with van der Waals surface area (Å²) in [7, 11) is 3.08. The summed E-state index contributed by atoms with van der Waals surface area (Å²) in [6, 6.07) is 35.5. The zero-order chi connectivity index (χ0) is 60.5. The monoisotopic (exact) mass is 1220 g/mol. The average molecular weight is 1220 g/mol. The highest BCUT2D eigenvalue weighted by Gasteiger charge is 2.40. The summed E-state index contributed by atoms with van der Waals surface area (Å²) < 4.78 is 32.9. The van der Waals surface area contributed by atoms with Gasteiger partial charge in [-0.15, -0.1) is 12.4 Å². The van der Waals surface area contributed by atoms with Gasteiger partial charge in [-0.05, 0) is 117 Å². The van der Waals surface area contributed by atoms with Crippen LogP contribution in [0.5, 0.6) is 0 Å². The fraction of sp³-hybridized carbons (Fsp3) is 0.516. The highest BCUT2D eigenvalue weighted by atomic mass is 35.5. The number of halogens is 1. The number of nitrogens with zero attached hydrogens (tertiary/aromatic N) is 1. The van der Waals surface area contributed by atoms with Crippen molar-refractivity contribution < 1.29 is 71.7 Å². The fourth-order valence-electron chi connectivity index (χ4n) is 9.38. The molecular weight excluding hydrogens is 1130 g/mol. The van der Waals surface area contributed by atoms with Crippen LogP contribution in [-0.4, -0.2) is 165 Å². The van der Waals surface area contributed by atoms with Crippen molar-refractivity contribution in [2.45, 2.75) is 95.5 Å². The van der Waals surface area contributed by atoms with Gasteiger partial charge in [0, 0.05) is 33.9 Å². The van der Waals surface area contributed by atoms with Gasteiger partial charge in [-0.3, -0.25) is 24.0 Å². The molecule has 21 nitrogen and oxygen atoms in total. The van der Waals surface area contributed by atoms with Gasteiger partial charge >= 0.3 is 11.9 Å². The van der Waals surface area contributed by atoms with E-state index >= 15 is 4.79 Å². The molecule has 472 valence electrons. The SMILES string of the molecule is COCCOCCOCC(=O)NCCN(CC(=O)NCCC(=O)ONC(=O)Cc1ccc(CCCCc2ccccc2)cc1)C(=O)C(OCCOCCOC)C(C(=O)NOC(=O)CC1CCNCC1)c1ccc(CCCCc2ccccc2)cc1.Cl. The summed E-state index contributed by atoms with van der Waals surface area (Å²) >= 11 is 0. The highest BCUT2D eigenvalue weighted by Crippen LogP contribution is 2.27. The molecule has 0 spiro atoms. The Labute approximate surface area is 512 Å². The van der Waals surface area contributed by atoms with E-state index < -0.39 is 60.0 Å². The van der Waals surface area contributed by atoms with E-state index in [-0.39, 0.29) is 103 Å². The average Bonchev–Trinajstić information content (AvgIpc) is 3.62. The Kier molecular flexibility index (Phi) is 36.4. The van der Waals surface area contributed by atoms with E-state index in [1.165, 1.54) is 18.2 Å². The molecule has 22 heteroatoms. The lowest BCUT2D eigenvalue weighted by Gasteiger charge is -2.31. The molecule has 0 aliphatic carbocycles. The second-order valence-corrected chi connectivity index (χ2v) is 20.7. The van der Waals surface area contributed by atoms with Crippen LogP contribution in [0, 0.1) is 5.92 Å². The number of hydrogen-bond donors (Lipinski definition) is 5. The number of unbranched alkanes of at least 4 members (excludes halogenated alkanes) is 2. The van der Waals surface area contributed by atoms with E-state index in [2.05, 4.69) is 51.2 Å². The zero-order valence-corrected chi connectivity index (χ0v) is 50.7. The maximum Gasteiger partial charge on any atom is 0.334 e. The standard InChI is InChI=1S/C64H88N6O15.ClH/c1-78-37-39-80-41-42-82-48-58(73)67-35-36-70(47-57(72)66-34-31-59(74)84-68-56(71)45-53-23-21-51(22-24-53)19-11-9-17-49-13-5-3-6-14-49)64(77)62(83-44-43-81-40-38-79-2)61(63(76)69-85-60(75)46-54-29-32-65-33-30-54)55-27-25-52(26-28-55)20-12-10-18-50-15-7-4-8-16-50;/h3-8,13-16,21-28,54,61-62,65H,9-12,17-20,29-48H2,1-2H3,(H,66,72)(H,67,73)(H,68,71)(H,69,76);1H. The van der Waals surface area contributed by atoms with E-state index in [9.17, 15) is 28.8 Å². The largest absolute Gasteiger partial charge is 0.382 e. The number of piperidine rings is 1. The first-order chi connectivity index (χ1) is 41.5. The number of hydroxylamine groups is 2. The van der Waals surface area contributed by atoms with E-state index in [1.807, 2.05) is 72.8 Å². The molecule has 4 aromatic rings. The molecule has 2 atom stereocenters. The number of aryl methyl sites for hydroxylation is 4. The summed E-state index contributed by atoms with van der Waals surface area (Å²) in [4.78, 5) is 107. The Morgan fingerprint density at radius 3 is 1.63 bits per heavy atom. The van der Waals surface area contributed by atoms with Crippen LogP contribution in [0.15, 0.2) is 109 Å². The number of nitrogens with one attached hydrogen (secondary N) is 5. The van der Waals surface area contributed by atoms with Crippen LogP contribution in [0.4, 0.5) is 0 Å². The molecule has 2 unspecified atom stereocenters. The van der Waals surface area contributed by atoms with Gasteiger partial charge < -0.3 is 58.9 Å². The molecule has 1 aliphatic rings. The number of methoxy groups -OCH3 is 2. The van der Waals surface area contributed by atoms with Crippen LogP contribution in [0.2, 0.25) is 0 Å². The Balaban J connectivity index is 0.0000158. The Morgan fingerprint density at radius 2 is 1.05 bits per heavy atom. The van der Waals surface area contributed by atoms with Gasteiger partial charge in [-0.1, -0.05) is 109 Å². The van der Waals surface area contributed by atoms with Crippen LogP contribution in [0.3, 0.4) is 0 Å². The molecule has 5 rings (SSSR count). The summed E-state index contributed by atoms with van der Waals surface area (Å²) in [5.41, 5.74) is 10.3. The van der Waals surface area contributed by atoms with Crippen LogP contribution in [0.1, 0.15) is 90.7 Å². The van der Waals surface area contributed by atoms with Crippen molar-refractivity contribution in [2.75, 3.05) is 113 Å². The van der Waals surface area contributed by atoms with Crippen LogP contribution in [0.25, 0.3) is 0 Å². The maximum absolute atomic E-state index is 15.2. The first kappa shape index (κ1) is 71.7. The lowest BCUT2D eigenvalue weighted by Crippen LogP contribution is -2.52. The normalized spacial score (nSPS) is 12.9. The minimum absolute atomic E-state index is 0. The maximum atomic E-state index is 15.2. The van der Waals surface area contributed by atoms with Gasteiger partial charge in [0.15, 0.2) is 6.10 Å². The van der Waals surface area contributed by atoms with Gasteiger partial charge in [0.2, 0.25) is 11.8 Å². The first-order valence-corrected chi connectivity index (χ1v) is 29.6. The number of hydrogen-bond acceptors (Lipinski definition) is 16. The number of carbonyl (C=O) groups is 7. The molecule has 86 heavy (non-hydrogen) atoms. The topological polar surface area (TPSA) is 257 Å². The Hall–Kier alpha value is -6.82. The van der Waals surface area contributed by atoms with Crippen LogP contribution >= 0.6 is 12.4 Å². The number of carbonyl (C=O) groups excluding carboxylic acids is 7. The number of rotatable bonds is 41. The van der Waals surface area contributed by atoms with Crippen molar-refractivity contribution in [1.29, 1.82) is 0 Å². The summed E-state index contributed by atoms with van der Waals surface area (Å²) in [5.74, 6) is -6.32. The van der Waals surface area contributed by atoms with Crippen LogP contribution < -0.4 is 26.9 Å². The molecule has 5 amide bonds. The molecular formula is C64H89ClN6O15. The molecule has 0 saturated carbocycles. The third kappa shape index (κ3) is 30.0. The Morgan fingerprint density at radius 1 is 0.547 bits per heavy atom. The van der Waals surface area contributed by atoms with Gasteiger partial charge in [-0.2, -0.15) is 11.0 Å². The summed E-state index contributed by atoms with van der Waals surface area (Å²) in [6.45, 7) is 1.34. The molecule has 0 aromatic heterocycles. The smallest absolute Gasteiger partial charge is 0.334 e. The molecule has 5 N–H and O–H groups in total. The van der Waals surface area contributed by atoms with Gasteiger partial charge in [0.05, 0.1) is 78.7 Å². The van der Waals surface area contributed by atoms with Crippen LogP contribution in [-0.2, 0) is 104 Å². The molecule has 1 saturated heterocycles. The molecule has 4 aromatic carbocycles. The van der Waals surface area contributed by atoms with E-state index in [0.29, 0.717) is 18.8 Å². The molecule has 1 aliphatic heterocycles. The van der Waals surface area contributed by atoms with Crippen molar-refractivity contribution in [3.8, 4) is 0 Å². The fourth-order valence-corrected chi connectivity index (χ4v) is 9.38. The highest BCUT2D eigenvalue weighted by molar-refractivity contribution is 5.95. The second-order valence-electron chi connectivity index (χ2n) is 20.7. The molecule has 0 radical (unpaired) electrons. The van der Waals surface area contributed by atoms with E-state index in [0.717, 1.165) is 98.9 Å². The molecule has 0 bridgehead atoms. The van der Waals surface area contributed by atoms with Crippen molar-refractivity contribution in [3.05, 3.63) is 143 Å². The lowest BCUT2D eigenvalue weighted by atomic mass is 9.90. The third-order valence-electron chi connectivity index (χ3n) is 14.1. The van der Waals surface area contributed by atoms with E-state index in [1.54, 1.807) is 19.2 Å². The summed E-state index contributed by atoms with van der Waals surface area (Å²) in [5, 5.41) is 8.59. The minimum Gasteiger partial charge on any atom is -0.382 e. The van der Waals surface area contributed by atoms with Crippen molar-refractivity contribution in [1.82, 2.24) is 31.8 Å². The number of ether oxygens (including phenoxy) is 6. The zero-order valence-electron chi connectivity index (χ0n) is 49.9.